The Morgan fingerprint density at radius 3 is 2.02 bits per heavy atom. The van der Waals surface area contributed by atoms with Gasteiger partial charge < -0.3 is 24.8 Å². The smallest absolute Gasteiger partial charge is 0.332 e. The van der Waals surface area contributed by atoms with Gasteiger partial charge in [-0.05, 0) is 36.0 Å². The molecule has 1 aliphatic rings. The summed E-state index contributed by atoms with van der Waals surface area (Å²) in [4.78, 5) is 54.9. The molecule has 0 radical (unpaired) electrons. The number of ether oxygens (including phenoxy) is 2. The van der Waals surface area contributed by atoms with E-state index < -0.39 is 42.3 Å². The van der Waals surface area contributed by atoms with Gasteiger partial charge in [0.2, 0.25) is 11.8 Å². The van der Waals surface area contributed by atoms with Crippen molar-refractivity contribution in [2.75, 3.05) is 19.8 Å². The summed E-state index contributed by atoms with van der Waals surface area (Å²) >= 11 is 0. The SMILES string of the molecule is O=C1N[C@@H](C(=O)OCc2ccccc2)COC(=O)[C@H](Cc2ccccc2)CC=CC[C@@H]1CC(=O)N(CCO)Cc1ccccc1. The van der Waals surface area contributed by atoms with Gasteiger partial charge in [0.05, 0.1) is 18.4 Å². The average Bonchev–Trinajstić information content (AvgIpc) is 3.06. The van der Waals surface area contributed by atoms with Crippen molar-refractivity contribution in [3.63, 3.8) is 0 Å². The molecule has 0 spiro atoms. The molecule has 0 aliphatic carbocycles. The van der Waals surface area contributed by atoms with Crippen molar-refractivity contribution in [1.82, 2.24) is 10.2 Å². The molecule has 0 bridgehead atoms. The summed E-state index contributed by atoms with van der Waals surface area (Å²) in [7, 11) is 0. The van der Waals surface area contributed by atoms with Gasteiger partial charge in [-0.3, -0.25) is 14.4 Å². The number of allylic oxidation sites excluding steroid dienone is 2. The van der Waals surface area contributed by atoms with E-state index in [1.807, 2.05) is 97.1 Å². The Bertz CT molecular complexity index is 1410. The van der Waals surface area contributed by atoms with Crippen molar-refractivity contribution in [3.8, 4) is 0 Å². The minimum Gasteiger partial charge on any atom is -0.463 e. The normalized spacial score (nSPS) is 18.9. The van der Waals surface area contributed by atoms with Crippen LogP contribution in [0.1, 0.15) is 36.0 Å². The monoisotopic (exact) mass is 612 g/mol. The number of esters is 2. The van der Waals surface area contributed by atoms with E-state index in [0.29, 0.717) is 12.8 Å². The first kappa shape index (κ1) is 33.1. The van der Waals surface area contributed by atoms with E-state index in [1.54, 1.807) is 6.08 Å². The molecular weight excluding hydrogens is 572 g/mol. The van der Waals surface area contributed by atoms with Crippen molar-refractivity contribution in [2.24, 2.45) is 11.8 Å². The number of nitrogens with one attached hydrogen (secondary N) is 1. The van der Waals surface area contributed by atoms with Gasteiger partial charge in [-0.25, -0.2) is 4.79 Å². The number of hydrogen-bond acceptors (Lipinski definition) is 7. The summed E-state index contributed by atoms with van der Waals surface area (Å²) in [6.45, 7) is -0.242. The van der Waals surface area contributed by atoms with E-state index in [1.165, 1.54) is 4.90 Å². The van der Waals surface area contributed by atoms with Crippen LogP contribution >= 0.6 is 0 Å². The second-order valence-corrected chi connectivity index (χ2v) is 11.0. The molecule has 236 valence electrons. The third-order valence-corrected chi connectivity index (χ3v) is 7.61. The topological polar surface area (TPSA) is 122 Å². The first-order valence-electron chi connectivity index (χ1n) is 15.2. The third-order valence-electron chi connectivity index (χ3n) is 7.61. The second-order valence-electron chi connectivity index (χ2n) is 11.0. The molecule has 0 fully saturated rings. The van der Waals surface area contributed by atoms with Gasteiger partial charge in [-0.15, -0.1) is 0 Å². The van der Waals surface area contributed by atoms with E-state index in [4.69, 9.17) is 9.47 Å². The molecule has 1 heterocycles. The summed E-state index contributed by atoms with van der Waals surface area (Å²) in [5.74, 6) is -3.38. The van der Waals surface area contributed by atoms with Gasteiger partial charge in [-0.1, -0.05) is 103 Å². The lowest BCUT2D eigenvalue weighted by atomic mass is 9.94. The Kier molecular flexibility index (Phi) is 12.9. The van der Waals surface area contributed by atoms with Crippen LogP contribution in [0.3, 0.4) is 0 Å². The molecule has 0 saturated carbocycles. The molecule has 45 heavy (non-hydrogen) atoms. The maximum Gasteiger partial charge on any atom is 0.332 e. The lowest BCUT2D eigenvalue weighted by molar-refractivity contribution is -0.157. The highest BCUT2D eigenvalue weighted by molar-refractivity contribution is 5.89. The quantitative estimate of drug-likeness (QED) is 0.248. The number of nitrogens with zero attached hydrogens (tertiary/aromatic N) is 1. The summed E-state index contributed by atoms with van der Waals surface area (Å²) in [5, 5.41) is 12.3. The van der Waals surface area contributed by atoms with Gasteiger partial charge in [0, 0.05) is 19.5 Å². The van der Waals surface area contributed by atoms with Gasteiger partial charge in [-0.2, -0.15) is 0 Å². The molecule has 0 saturated heterocycles. The van der Waals surface area contributed by atoms with Crippen LogP contribution in [-0.2, 0) is 48.2 Å². The molecule has 3 aromatic rings. The highest BCUT2D eigenvalue weighted by Gasteiger charge is 2.31. The zero-order valence-electron chi connectivity index (χ0n) is 25.3. The molecule has 1 aliphatic heterocycles. The maximum absolute atomic E-state index is 13.6. The summed E-state index contributed by atoms with van der Waals surface area (Å²) in [6, 6.07) is 26.8. The largest absolute Gasteiger partial charge is 0.463 e. The van der Waals surface area contributed by atoms with Crippen LogP contribution in [0.25, 0.3) is 0 Å². The third kappa shape index (κ3) is 10.7. The average molecular weight is 613 g/mol. The van der Waals surface area contributed by atoms with E-state index in [0.717, 1.165) is 16.7 Å². The Morgan fingerprint density at radius 2 is 1.40 bits per heavy atom. The lowest BCUT2D eigenvalue weighted by Gasteiger charge is -2.26. The number of hydrogen-bond donors (Lipinski definition) is 2. The highest BCUT2D eigenvalue weighted by Crippen LogP contribution is 2.20. The first-order chi connectivity index (χ1) is 21.9. The predicted molar refractivity (Wildman–Crippen MR) is 168 cm³/mol. The summed E-state index contributed by atoms with van der Waals surface area (Å²) in [5.41, 5.74) is 2.63. The minimum absolute atomic E-state index is 0.0170. The fourth-order valence-corrected chi connectivity index (χ4v) is 5.09. The molecule has 0 unspecified atom stereocenters. The van der Waals surface area contributed by atoms with Gasteiger partial charge in [0.15, 0.2) is 6.04 Å². The number of benzene rings is 3. The Labute approximate surface area is 263 Å². The number of rotatable bonds is 11. The highest BCUT2D eigenvalue weighted by atomic mass is 16.6. The Morgan fingerprint density at radius 1 is 0.822 bits per heavy atom. The fourth-order valence-electron chi connectivity index (χ4n) is 5.09. The zero-order chi connectivity index (χ0) is 31.9. The minimum atomic E-state index is -1.26. The molecule has 9 heteroatoms. The van der Waals surface area contributed by atoms with Crippen molar-refractivity contribution in [2.45, 2.75) is 44.9 Å². The molecular formula is C36H40N2O7. The maximum atomic E-state index is 13.6. The van der Waals surface area contributed by atoms with E-state index >= 15 is 0 Å². The number of aliphatic hydroxyl groups excluding tert-OH is 1. The van der Waals surface area contributed by atoms with Crippen molar-refractivity contribution in [1.29, 1.82) is 0 Å². The lowest BCUT2D eigenvalue weighted by Crippen LogP contribution is -2.48. The molecule has 0 aromatic heterocycles. The number of carbonyl (C=O) groups is 4. The predicted octanol–water partition coefficient (Wildman–Crippen LogP) is 3.99. The van der Waals surface area contributed by atoms with Gasteiger partial charge in [0.25, 0.3) is 0 Å². The standard InChI is InChI=1S/C36H40N2O7/c39-21-20-38(24-28-14-6-2-7-15-28)33(40)23-30-18-10-11-19-31(22-27-12-4-1-5-13-27)35(42)45-26-32(37-34(30)41)36(43)44-25-29-16-8-3-9-17-29/h1-17,30-32,39H,18-26H2,(H,37,41)/t30-,31+,32-/m1/s1. The van der Waals surface area contributed by atoms with E-state index in [9.17, 15) is 24.3 Å². The van der Waals surface area contributed by atoms with Crippen LogP contribution < -0.4 is 5.32 Å². The van der Waals surface area contributed by atoms with Crippen molar-refractivity contribution in [3.05, 3.63) is 120 Å². The summed E-state index contributed by atoms with van der Waals surface area (Å²) in [6.07, 6.45) is 4.51. The number of amides is 2. The number of cyclic esters (lactones) is 1. The van der Waals surface area contributed by atoms with Crippen LogP contribution in [0, 0.1) is 11.8 Å². The van der Waals surface area contributed by atoms with Crippen molar-refractivity contribution >= 4 is 23.8 Å². The molecule has 3 aromatic carbocycles. The van der Waals surface area contributed by atoms with Crippen LogP contribution in [0.5, 0.6) is 0 Å². The van der Waals surface area contributed by atoms with Crippen LogP contribution in [0.15, 0.2) is 103 Å². The molecule has 3 atom stereocenters. The van der Waals surface area contributed by atoms with Crippen LogP contribution in [0.4, 0.5) is 0 Å². The van der Waals surface area contributed by atoms with Crippen LogP contribution in [0.2, 0.25) is 0 Å². The molecule has 9 nitrogen and oxygen atoms in total. The molecule has 2 amide bonds. The number of aliphatic hydroxyl groups is 1. The van der Waals surface area contributed by atoms with Crippen LogP contribution in [-0.4, -0.2) is 59.6 Å². The fraction of sp³-hybridized carbons (Fsp3) is 0.333. The van der Waals surface area contributed by atoms with Gasteiger partial charge in [0.1, 0.15) is 13.2 Å². The van der Waals surface area contributed by atoms with E-state index in [-0.39, 0.29) is 45.1 Å². The molecule has 4 rings (SSSR count). The zero-order valence-corrected chi connectivity index (χ0v) is 25.3. The Hall–Kier alpha value is -4.76. The van der Waals surface area contributed by atoms with Crippen molar-refractivity contribution < 1.29 is 33.8 Å². The van der Waals surface area contributed by atoms with E-state index in [2.05, 4.69) is 5.32 Å². The number of carbonyl (C=O) groups excluding carboxylic acids is 4. The summed E-state index contributed by atoms with van der Waals surface area (Å²) < 4.78 is 11.1. The Balaban J connectivity index is 1.53. The second kappa shape index (κ2) is 17.5. The van der Waals surface area contributed by atoms with Gasteiger partial charge >= 0.3 is 11.9 Å². The first-order valence-corrected chi connectivity index (χ1v) is 15.2. The molecule has 2 N–H and O–H groups in total.